The van der Waals surface area contributed by atoms with Gasteiger partial charge in [0.2, 0.25) is 0 Å². The van der Waals surface area contributed by atoms with E-state index in [1.807, 2.05) is 43.5 Å². The predicted octanol–water partition coefficient (Wildman–Crippen LogP) is 2.25. The van der Waals surface area contributed by atoms with Gasteiger partial charge in [-0.05, 0) is 37.3 Å². The highest BCUT2D eigenvalue weighted by molar-refractivity contribution is 5.70. The number of H-pyrrole nitrogens is 1. The van der Waals surface area contributed by atoms with Gasteiger partial charge in [-0.2, -0.15) is 5.10 Å². The average molecular weight is 335 g/mol. The van der Waals surface area contributed by atoms with Gasteiger partial charge < -0.3 is 4.74 Å². The number of hydrogen-bond donors (Lipinski definition) is 1. The molecule has 0 bridgehead atoms. The van der Waals surface area contributed by atoms with E-state index in [9.17, 15) is 4.79 Å². The summed E-state index contributed by atoms with van der Waals surface area (Å²) in [5.41, 5.74) is 3.91. The Morgan fingerprint density at radius 3 is 2.72 bits per heavy atom. The molecular weight excluding hydrogens is 318 g/mol. The SMILES string of the molecule is COc1ccc(-c2[nH]n3c(=O)cc(Cn4cccn4)nc3c2C)cc1. The maximum Gasteiger partial charge on any atom is 0.272 e. The van der Waals surface area contributed by atoms with Crippen molar-refractivity contribution in [1.29, 1.82) is 0 Å². The summed E-state index contributed by atoms with van der Waals surface area (Å²) in [5.74, 6) is 0.786. The molecule has 0 atom stereocenters. The van der Waals surface area contributed by atoms with Crippen LogP contribution in [0.2, 0.25) is 0 Å². The van der Waals surface area contributed by atoms with Crippen LogP contribution in [0.25, 0.3) is 16.9 Å². The highest BCUT2D eigenvalue weighted by Gasteiger charge is 2.13. The largest absolute Gasteiger partial charge is 0.497 e. The van der Waals surface area contributed by atoms with E-state index < -0.39 is 0 Å². The third kappa shape index (κ3) is 2.69. The van der Waals surface area contributed by atoms with Gasteiger partial charge in [-0.3, -0.25) is 14.6 Å². The predicted molar refractivity (Wildman–Crippen MR) is 93.9 cm³/mol. The minimum atomic E-state index is -0.144. The molecule has 0 unspecified atom stereocenters. The fourth-order valence-electron chi connectivity index (χ4n) is 2.88. The summed E-state index contributed by atoms with van der Waals surface area (Å²) in [6.45, 7) is 2.41. The Morgan fingerprint density at radius 2 is 2.04 bits per heavy atom. The van der Waals surface area contributed by atoms with Gasteiger partial charge >= 0.3 is 0 Å². The first kappa shape index (κ1) is 15.2. The maximum absolute atomic E-state index is 12.5. The van der Waals surface area contributed by atoms with Crippen LogP contribution in [0.4, 0.5) is 0 Å². The van der Waals surface area contributed by atoms with Crippen LogP contribution < -0.4 is 10.3 Å². The molecule has 0 radical (unpaired) electrons. The van der Waals surface area contributed by atoms with Crippen LogP contribution in [0, 0.1) is 6.92 Å². The van der Waals surface area contributed by atoms with E-state index in [0.717, 1.165) is 22.6 Å². The number of fused-ring (bicyclic) bond motifs is 1. The topological polar surface area (TPSA) is 77.2 Å². The Labute approximate surface area is 143 Å². The van der Waals surface area contributed by atoms with E-state index in [-0.39, 0.29) is 5.56 Å². The lowest BCUT2D eigenvalue weighted by atomic mass is 10.1. The lowest BCUT2D eigenvalue weighted by Crippen LogP contribution is -2.17. The minimum absolute atomic E-state index is 0.144. The Morgan fingerprint density at radius 1 is 1.24 bits per heavy atom. The number of hydrogen-bond acceptors (Lipinski definition) is 4. The summed E-state index contributed by atoms with van der Waals surface area (Å²) in [6, 6.07) is 11.1. The van der Waals surface area contributed by atoms with Crippen molar-refractivity contribution in [3.05, 3.63) is 70.4 Å². The lowest BCUT2D eigenvalue weighted by Gasteiger charge is -2.02. The summed E-state index contributed by atoms with van der Waals surface area (Å²) >= 11 is 0. The molecule has 0 saturated heterocycles. The van der Waals surface area contributed by atoms with Crippen molar-refractivity contribution in [2.24, 2.45) is 0 Å². The first-order valence-electron chi connectivity index (χ1n) is 7.89. The lowest BCUT2D eigenvalue weighted by molar-refractivity contribution is 0.415. The van der Waals surface area contributed by atoms with Gasteiger partial charge in [0.1, 0.15) is 5.75 Å². The van der Waals surface area contributed by atoms with Crippen LogP contribution in [0.1, 0.15) is 11.3 Å². The molecule has 25 heavy (non-hydrogen) atoms. The van der Waals surface area contributed by atoms with Gasteiger partial charge in [0.15, 0.2) is 5.65 Å². The zero-order chi connectivity index (χ0) is 17.4. The Bertz CT molecular complexity index is 1080. The van der Waals surface area contributed by atoms with Crippen LogP contribution in [0.5, 0.6) is 5.75 Å². The van der Waals surface area contributed by atoms with Gasteiger partial charge in [0, 0.05) is 29.6 Å². The second-order valence-corrected chi connectivity index (χ2v) is 5.79. The van der Waals surface area contributed by atoms with Crippen molar-refractivity contribution in [3.63, 3.8) is 0 Å². The molecule has 0 aliphatic rings. The molecule has 0 aliphatic carbocycles. The first-order valence-corrected chi connectivity index (χ1v) is 7.89. The third-order valence-electron chi connectivity index (χ3n) is 4.17. The van der Waals surface area contributed by atoms with E-state index in [1.165, 1.54) is 10.6 Å². The van der Waals surface area contributed by atoms with E-state index in [1.54, 1.807) is 18.0 Å². The van der Waals surface area contributed by atoms with Gasteiger partial charge in [0.25, 0.3) is 5.56 Å². The molecule has 126 valence electrons. The van der Waals surface area contributed by atoms with Crippen LogP contribution in [0.3, 0.4) is 0 Å². The highest BCUT2D eigenvalue weighted by atomic mass is 16.5. The highest BCUT2D eigenvalue weighted by Crippen LogP contribution is 2.25. The third-order valence-corrected chi connectivity index (χ3v) is 4.17. The van der Waals surface area contributed by atoms with E-state index >= 15 is 0 Å². The zero-order valence-corrected chi connectivity index (χ0v) is 13.9. The molecule has 4 aromatic rings. The molecule has 0 fully saturated rings. The van der Waals surface area contributed by atoms with Crippen molar-refractivity contribution < 1.29 is 4.74 Å². The quantitative estimate of drug-likeness (QED) is 0.620. The van der Waals surface area contributed by atoms with Crippen molar-refractivity contribution in [2.75, 3.05) is 7.11 Å². The fourth-order valence-corrected chi connectivity index (χ4v) is 2.88. The number of aromatic nitrogens is 5. The molecule has 1 N–H and O–H groups in total. The monoisotopic (exact) mass is 335 g/mol. The molecule has 3 aromatic heterocycles. The van der Waals surface area contributed by atoms with Crippen LogP contribution >= 0.6 is 0 Å². The summed E-state index contributed by atoms with van der Waals surface area (Å²) in [6.07, 6.45) is 3.55. The van der Waals surface area contributed by atoms with Crippen molar-refractivity contribution in [2.45, 2.75) is 13.5 Å². The molecule has 3 heterocycles. The van der Waals surface area contributed by atoms with Crippen LogP contribution in [-0.2, 0) is 6.54 Å². The van der Waals surface area contributed by atoms with Crippen molar-refractivity contribution in [1.82, 2.24) is 24.4 Å². The number of aryl methyl sites for hydroxylation is 1. The van der Waals surface area contributed by atoms with Crippen LogP contribution in [0.15, 0.2) is 53.6 Å². The van der Waals surface area contributed by atoms with Crippen molar-refractivity contribution in [3.8, 4) is 17.0 Å². The second kappa shape index (κ2) is 5.94. The number of methoxy groups -OCH3 is 1. The first-order chi connectivity index (χ1) is 12.2. The minimum Gasteiger partial charge on any atom is -0.497 e. The summed E-state index contributed by atoms with van der Waals surface area (Å²) in [7, 11) is 1.63. The Kier molecular flexibility index (Phi) is 3.61. The summed E-state index contributed by atoms with van der Waals surface area (Å²) in [5, 5.41) is 7.31. The molecule has 7 nitrogen and oxygen atoms in total. The van der Waals surface area contributed by atoms with Crippen molar-refractivity contribution >= 4 is 5.65 Å². The smallest absolute Gasteiger partial charge is 0.272 e. The molecule has 0 amide bonds. The number of nitrogens with zero attached hydrogens (tertiary/aromatic N) is 4. The number of ether oxygens (including phenoxy) is 1. The number of rotatable bonds is 4. The number of benzene rings is 1. The summed E-state index contributed by atoms with van der Waals surface area (Å²) < 4.78 is 8.41. The van der Waals surface area contributed by atoms with Gasteiger partial charge in [-0.1, -0.05) is 0 Å². The molecule has 7 heteroatoms. The maximum atomic E-state index is 12.5. The molecule has 1 aromatic carbocycles. The van der Waals surface area contributed by atoms with Gasteiger partial charge in [-0.25, -0.2) is 9.50 Å². The standard InChI is InChI=1S/C18H17N5O2/c1-12-17(13-4-6-15(25-2)7-5-13)21-23-16(24)10-14(20-18(12)23)11-22-9-3-8-19-22/h3-10,21H,11H2,1-2H3. The summed E-state index contributed by atoms with van der Waals surface area (Å²) in [4.78, 5) is 17.1. The Hall–Kier alpha value is -3.35. The second-order valence-electron chi connectivity index (χ2n) is 5.79. The number of aromatic amines is 1. The molecule has 0 aliphatic heterocycles. The van der Waals surface area contributed by atoms with Gasteiger partial charge in [0.05, 0.1) is 25.0 Å². The van der Waals surface area contributed by atoms with Crippen LogP contribution in [-0.4, -0.2) is 31.5 Å². The Balaban J connectivity index is 1.81. The van der Waals surface area contributed by atoms with E-state index in [2.05, 4.69) is 15.2 Å². The van der Waals surface area contributed by atoms with E-state index in [4.69, 9.17) is 4.74 Å². The molecule has 0 saturated carbocycles. The fraction of sp³-hybridized carbons (Fsp3) is 0.167. The molecule has 0 spiro atoms. The number of nitrogens with one attached hydrogen (secondary N) is 1. The van der Waals surface area contributed by atoms with E-state index in [0.29, 0.717) is 17.9 Å². The molecule has 4 rings (SSSR count). The average Bonchev–Trinajstić information content (AvgIpc) is 3.24. The molecular formula is C18H17N5O2. The zero-order valence-electron chi connectivity index (χ0n) is 13.9. The van der Waals surface area contributed by atoms with Gasteiger partial charge in [-0.15, -0.1) is 0 Å². The normalized spacial score (nSPS) is 11.1.